The number of nitro benzene ring substituents is 2. The van der Waals surface area contributed by atoms with Gasteiger partial charge in [0.05, 0.1) is 19.9 Å². The molecule has 0 aliphatic heterocycles. The third-order valence-corrected chi connectivity index (χ3v) is 3.19. The molecule has 0 aliphatic carbocycles. The second-order valence-electron chi connectivity index (χ2n) is 4.08. The zero-order valence-electron chi connectivity index (χ0n) is 11.1. The van der Waals surface area contributed by atoms with Crippen molar-refractivity contribution in [2.75, 3.05) is 0 Å². The molecule has 0 saturated carbocycles. The molecule has 11 heteroatoms. The maximum Gasteiger partial charge on any atom is 0.270 e. The predicted molar refractivity (Wildman–Crippen MR) is 83.7 cm³/mol. The van der Waals surface area contributed by atoms with Crippen LogP contribution in [0.15, 0.2) is 46.7 Å². The van der Waals surface area contributed by atoms with E-state index in [-0.39, 0.29) is 32.8 Å². The minimum atomic E-state index is -0.589. The maximum atomic E-state index is 10.6. The van der Waals surface area contributed by atoms with Crippen molar-refractivity contribution in [1.29, 1.82) is 0 Å². The fourth-order valence-corrected chi connectivity index (χ4v) is 1.92. The van der Waals surface area contributed by atoms with Crippen LogP contribution in [0.5, 0.6) is 0 Å². The number of hydrogen-bond acceptors (Lipinski definition) is 6. The minimum Gasteiger partial charge on any atom is -0.349 e. The van der Waals surface area contributed by atoms with Crippen molar-refractivity contribution in [3.05, 3.63) is 72.1 Å². The van der Waals surface area contributed by atoms with Crippen LogP contribution < -0.4 is 0 Å². The molecule has 0 bridgehead atoms. The van der Waals surface area contributed by atoms with E-state index in [1.165, 1.54) is 24.3 Å². The highest BCUT2D eigenvalue weighted by molar-refractivity contribution is 6.33. The summed E-state index contributed by atoms with van der Waals surface area (Å²) in [6, 6.07) is 7.34. The lowest BCUT2D eigenvalue weighted by atomic mass is 10.3. The van der Waals surface area contributed by atoms with Gasteiger partial charge < -0.3 is 10.5 Å². The van der Waals surface area contributed by atoms with E-state index in [1.807, 2.05) is 0 Å². The van der Waals surface area contributed by atoms with E-state index in [0.717, 1.165) is 12.1 Å². The summed E-state index contributed by atoms with van der Waals surface area (Å²) in [5, 5.41) is 28.5. The van der Waals surface area contributed by atoms with E-state index >= 15 is 0 Å². The SMILES string of the molecule is O=[N+]([O-])c1ccc(N=N[N-]c2ccc([N+](=O)[O-])cc2Cl)c(Cl)c1. The first-order valence-electron chi connectivity index (χ1n) is 5.88. The Kier molecular flexibility index (Phi) is 5.04. The van der Waals surface area contributed by atoms with Gasteiger partial charge in [-0.2, -0.15) is 0 Å². The van der Waals surface area contributed by atoms with Crippen LogP contribution in [0.4, 0.5) is 22.7 Å². The summed E-state index contributed by atoms with van der Waals surface area (Å²) in [6.07, 6.45) is 0. The third kappa shape index (κ3) is 4.11. The lowest BCUT2D eigenvalue weighted by molar-refractivity contribution is -0.385. The quantitative estimate of drug-likeness (QED) is 0.398. The van der Waals surface area contributed by atoms with Crippen molar-refractivity contribution >= 4 is 46.0 Å². The fraction of sp³-hybridized carbons (Fsp3) is 0. The Morgan fingerprint density at radius 1 is 0.913 bits per heavy atom. The summed E-state index contributed by atoms with van der Waals surface area (Å²) in [4.78, 5) is 20.0. The molecular weight excluding hydrogens is 349 g/mol. The Morgan fingerprint density at radius 2 is 1.48 bits per heavy atom. The third-order valence-electron chi connectivity index (χ3n) is 2.59. The number of halogens is 2. The lowest BCUT2D eigenvalue weighted by Gasteiger charge is -2.10. The van der Waals surface area contributed by atoms with E-state index in [2.05, 4.69) is 15.8 Å². The van der Waals surface area contributed by atoms with E-state index in [0.29, 0.717) is 0 Å². The van der Waals surface area contributed by atoms with Crippen molar-refractivity contribution in [1.82, 2.24) is 0 Å². The number of nitro groups is 2. The van der Waals surface area contributed by atoms with Gasteiger partial charge in [0.1, 0.15) is 0 Å². The molecule has 0 N–H and O–H groups in total. The number of nitrogens with zero attached hydrogens (tertiary/aromatic N) is 5. The second kappa shape index (κ2) is 6.99. The van der Waals surface area contributed by atoms with Crippen LogP contribution in [-0.2, 0) is 0 Å². The second-order valence-corrected chi connectivity index (χ2v) is 4.89. The minimum absolute atomic E-state index is 0.0351. The van der Waals surface area contributed by atoms with Crippen LogP contribution in [-0.4, -0.2) is 9.85 Å². The fourth-order valence-electron chi connectivity index (χ4n) is 1.50. The Hall–Kier alpha value is -2.78. The zero-order valence-corrected chi connectivity index (χ0v) is 12.6. The molecule has 2 rings (SSSR count). The average molecular weight is 355 g/mol. The molecule has 0 heterocycles. The molecule has 2 aromatic rings. The van der Waals surface area contributed by atoms with Gasteiger partial charge in [-0.15, -0.1) is 0 Å². The van der Waals surface area contributed by atoms with E-state index < -0.39 is 9.85 Å². The molecule has 118 valence electrons. The monoisotopic (exact) mass is 354 g/mol. The molecule has 0 aromatic heterocycles. The molecule has 0 spiro atoms. The van der Waals surface area contributed by atoms with Crippen molar-refractivity contribution < 1.29 is 9.85 Å². The summed E-state index contributed by atoms with van der Waals surface area (Å²) in [7, 11) is 0. The average Bonchev–Trinajstić information content (AvgIpc) is 2.49. The summed E-state index contributed by atoms with van der Waals surface area (Å²) >= 11 is 11.7. The smallest absolute Gasteiger partial charge is 0.270 e. The van der Waals surface area contributed by atoms with Crippen LogP contribution in [0.3, 0.4) is 0 Å². The molecule has 2 aromatic carbocycles. The first-order valence-corrected chi connectivity index (χ1v) is 6.63. The highest BCUT2D eigenvalue weighted by atomic mass is 35.5. The van der Waals surface area contributed by atoms with Crippen molar-refractivity contribution in [2.24, 2.45) is 10.3 Å². The Labute approximate surface area is 138 Å². The molecule has 0 saturated heterocycles. The Bertz CT molecular complexity index is 812. The number of rotatable bonds is 5. The molecule has 0 amide bonds. The van der Waals surface area contributed by atoms with Gasteiger partial charge in [0.25, 0.3) is 11.4 Å². The normalized spacial score (nSPS) is 10.7. The largest absolute Gasteiger partial charge is 0.349 e. The number of hydrogen-bond donors (Lipinski definition) is 0. The van der Waals surface area contributed by atoms with Gasteiger partial charge in [-0.1, -0.05) is 23.2 Å². The summed E-state index contributed by atoms with van der Waals surface area (Å²) in [5.41, 5.74) is 3.72. The van der Waals surface area contributed by atoms with Gasteiger partial charge in [0, 0.05) is 24.3 Å². The van der Waals surface area contributed by atoms with E-state index in [4.69, 9.17) is 23.2 Å². The van der Waals surface area contributed by atoms with Crippen LogP contribution in [0, 0.1) is 20.2 Å². The lowest BCUT2D eigenvalue weighted by Crippen LogP contribution is -1.86. The van der Waals surface area contributed by atoms with Gasteiger partial charge in [-0.3, -0.25) is 25.5 Å². The molecule has 0 atom stereocenters. The van der Waals surface area contributed by atoms with Crippen LogP contribution in [0.25, 0.3) is 5.43 Å². The van der Waals surface area contributed by atoms with Crippen molar-refractivity contribution in [3.63, 3.8) is 0 Å². The standard InChI is InChI=1S/C12H6Cl2N5O4/c13-9-5-7(18(20)21)1-3-11(9)15-17-16-12-4-2-8(19(22)23)6-10(12)14/h1-6H/q-1. The number of non-ortho nitro benzene ring substituents is 2. The Morgan fingerprint density at radius 3 is 2.00 bits per heavy atom. The summed E-state index contributed by atoms with van der Waals surface area (Å²) in [5.74, 6) is 0. The topological polar surface area (TPSA) is 125 Å². The Balaban J connectivity index is 2.13. The van der Waals surface area contributed by atoms with Gasteiger partial charge in [-0.25, -0.2) is 0 Å². The molecule has 0 radical (unpaired) electrons. The van der Waals surface area contributed by atoms with E-state index in [9.17, 15) is 20.2 Å². The molecular formula is C12H6Cl2N5O4-. The molecule has 23 heavy (non-hydrogen) atoms. The highest BCUT2D eigenvalue weighted by Gasteiger charge is 2.07. The summed E-state index contributed by atoms with van der Waals surface area (Å²) in [6.45, 7) is 0. The zero-order chi connectivity index (χ0) is 17.0. The van der Waals surface area contributed by atoms with Crippen molar-refractivity contribution in [2.45, 2.75) is 0 Å². The van der Waals surface area contributed by atoms with Crippen LogP contribution in [0.1, 0.15) is 0 Å². The van der Waals surface area contributed by atoms with Gasteiger partial charge in [0.15, 0.2) is 0 Å². The molecule has 9 nitrogen and oxygen atoms in total. The van der Waals surface area contributed by atoms with Gasteiger partial charge in [0.2, 0.25) is 0 Å². The number of benzene rings is 2. The van der Waals surface area contributed by atoms with Crippen LogP contribution in [0.2, 0.25) is 10.0 Å². The molecule has 0 fully saturated rings. The molecule has 0 aliphatic rings. The molecule has 0 unspecified atom stereocenters. The van der Waals surface area contributed by atoms with Gasteiger partial charge in [-0.05, 0) is 23.5 Å². The predicted octanol–water partition coefficient (Wildman–Crippen LogP) is 5.51. The van der Waals surface area contributed by atoms with Gasteiger partial charge >= 0.3 is 0 Å². The highest BCUT2D eigenvalue weighted by Crippen LogP contribution is 2.34. The summed E-state index contributed by atoms with van der Waals surface area (Å²) < 4.78 is 0. The van der Waals surface area contributed by atoms with E-state index in [1.54, 1.807) is 0 Å². The van der Waals surface area contributed by atoms with Crippen molar-refractivity contribution in [3.8, 4) is 0 Å². The maximum absolute atomic E-state index is 10.6. The first kappa shape index (κ1) is 16.6. The van der Waals surface area contributed by atoms with Crippen LogP contribution >= 0.6 is 23.2 Å². The first-order chi connectivity index (χ1) is 10.9.